The van der Waals surface area contributed by atoms with Crippen LogP contribution >= 0.6 is 27.7 Å². The molecule has 5 nitrogen and oxygen atoms in total. The number of thioether (sulfide) groups is 1. The molecule has 0 aliphatic carbocycles. The van der Waals surface area contributed by atoms with E-state index in [2.05, 4.69) is 26.2 Å². The molecule has 7 heteroatoms. The molecule has 1 aliphatic rings. The summed E-state index contributed by atoms with van der Waals surface area (Å²) in [6.45, 7) is 1.37. The molecule has 1 aromatic carbocycles. The minimum Gasteiger partial charge on any atom is -0.431 e. The van der Waals surface area contributed by atoms with Crippen molar-refractivity contribution in [3.63, 3.8) is 0 Å². The fourth-order valence-corrected chi connectivity index (χ4v) is 3.34. The van der Waals surface area contributed by atoms with Crippen molar-refractivity contribution in [2.24, 2.45) is 0 Å². The van der Waals surface area contributed by atoms with Crippen molar-refractivity contribution in [1.82, 2.24) is 10.3 Å². The second-order valence-corrected chi connectivity index (χ2v) is 7.07. The third-order valence-electron chi connectivity index (χ3n) is 3.47. The number of hydrogen-bond acceptors (Lipinski definition) is 5. The summed E-state index contributed by atoms with van der Waals surface area (Å²) in [4.78, 5) is 16.0. The maximum Gasteiger partial charge on any atom is 0.256 e. The van der Waals surface area contributed by atoms with Gasteiger partial charge in [-0.05, 0) is 25.0 Å². The number of amides is 1. The van der Waals surface area contributed by atoms with E-state index in [4.69, 9.17) is 9.15 Å². The van der Waals surface area contributed by atoms with Crippen LogP contribution in [0.4, 0.5) is 0 Å². The number of carbonyl (C=O) groups is 1. The molecule has 0 radical (unpaired) electrons. The van der Waals surface area contributed by atoms with Crippen LogP contribution in [0.25, 0.3) is 11.3 Å². The highest BCUT2D eigenvalue weighted by atomic mass is 79.9. The summed E-state index contributed by atoms with van der Waals surface area (Å²) < 4.78 is 12.1. The molecule has 1 saturated heterocycles. The Labute approximate surface area is 147 Å². The van der Waals surface area contributed by atoms with Crippen molar-refractivity contribution >= 4 is 33.6 Å². The fraction of sp³-hybridized carbons (Fsp3) is 0.375. The molecule has 1 N–H and O–H groups in total. The number of nitrogens with one attached hydrogen (secondary N) is 1. The van der Waals surface area contributed by atoms with Crippen LogP contribution in [0.2, 0.25) is 0 Å². The van der Waals surface area contributed by atoms with Gasteiger partial charge >= 0.3 is 0 Å². The summed E-state index contributed by atoms with van der Waals surface area (Å²) in [6, 6.07) is 7.80. The van der Waals surface area contributed by atoms with Gasteiger partial charge in [-0.1, -0.05) is 39.8 Å². The number of ether oxygens (including phenoxy) is 1. The molecule has 0 bridgehead atoms. The maximum atomic E-state index is 11.8. The minimum atomic E-state index is -0.0345. The van der Waals surface area contributed by atoms with Crippen LogP contribution in [-0.2, 0) is 9.53 Å². The second-order valence-electron chi connectivity index (χ2n) is 5.23. The Morgan fingerprint density at radius 1 is 1.48 bits per heavy atom. The van der Waals surface area contributed by atoms with Crippen LogP contribution in [0.3, 0.4) is 0 Å². The van der Waals surface area contributed by atoms with Gasteiger partial charge in [-0.2, -0.15) is 0 Å². The van der Waals surface area contributed by atoms with E-state index in [1.807, 2.05) is 24.3 Å². The van der Waals surface area contributed by atoms with Crippen LogP contribution in [0, 0.1) is 0 Å². The zero-order chi connectivity index (χ0) is 16.1. The third kappa shape index (κ3) is 4.83. The SMILES string of the molecule is O=C(CSc1ncc(-c2cccc(Br)c2)o1)NC[C@@H]1CCCO1. The van der Waals surface area contributed by atoms with Crippen LogP contribution < -0.4 is 5.32 Å². The van der Waals surface area contributed by atoms with Crippen LogP contribution in [0.5, 0.6) is 0 Å². The summed E-state index contributed by atoms with van der Waals surface area (Å²) in [5, 5.41) is 3.37. The molecule has 2 heterocycles. The number of oxazole rings is 1. The number of hydrogen-bond donors (Lipinski definition) is 1. The van der Waals surface area contributed by atoms with Gasteiger partial charge in [0.1, 0.15) is 0 Å². The standard InChI is InChI=1S/C16H17BrN2O3S/c17-12-4-1-3-11(7-12)14-9-19-16(22-14)23-10-15(20)18-8-13-5-2-6-21-13/h1,3-4,7,9,13H,2,5-6,8,10H2,(H,18,20)/t13-/m0/s1. The van der Waals surface area contributed by atoms with Gasteiger partial charge in [-0.15, -0.1) is 0 Å². The van der Waals surface area contributed by atoms with Crippen LogP contribution in [-0.4, -0.2) is 35.9 Å². The first-order valence-corrected chi connectivity index (χ1v) is 9.21. The number of halogens is 1. The number of rotatable bonds is 6. The fourth-order valence-electron chi connectivity index (χ4n) is 2.31. The van der Waals surface area contributed by atoms with Gasteiger partial charge in [-0.3, -0.25) is 4.79 Å². The first kappa shape index (κ1) is 16.5. The summed E-state index contributed by atoms with van der Waals surface area (Å²) >= 11 is 4.72. The van der Waals surface area contributed by atoms with Gasteiger partial charge < -0.3 is 14.5 Å². The van der Waals surface area contributed by atoms with Crippen molar-refractivity contribution < 1.29 is 13.9 Å². The zero-order valence-electron chi connectivity index (χ0n) is 12.5. The van der Waals surface area contributed by atoms with Crippen molar-refractivity contribution in [3.8, 4) is 11.3 Å². The highest BCUT2D eigenvalue weighted by Crippen LogP contribution is 2.27. The van der Waals surface area contributed by atoms with E-state index in [1.54, 1.807) is 6.20 Å². The Balaban J connectivity index is 1.48. The van der Waals surface area contributed by atoms with E-state index in [1.165, 1.54) is 11.8 Å². The largest absolute Gasteiger partial charge is 0.431 e. The van der Waals surface area contributed by atoms with Crippen molar-refractivity contribution in [1.29, 1.82) is 0 Å². The predicted molar refractivity (Wildman–Crippen MR) is 92.3 cm³/mol. The smallest absolute Gasteiger partial charge is 0.256 e. The Morgan fingerprint density at radius 2 is 2.39 bits per heavy atom. The second kappa shape index (κ2) is 7.99. The molecule has 122 valence electrons. The van der Waals surface area contributed by atoms with Gasteiger partial charge in [0.25, 0.3) is 5.22 Å². The maximum absolute atomic E-state index is 11.8. The minimum absolute atomic E-state index is 0.0345. The van der Waals surface area contributed by atoms with Gasteiger partial charge in [0.05, 0.1) is 18.1 Å². The van der Waals surface area contributed by atoms with E-state index in [9.17, 15) is 4.79 Å². The van der Waals surface area contributed by atoms with E-state index in [-0.39, 0.29) is 17.8 Å². The molecule has 0 unspecified atom stereocenters. The summed E-state index contributed by atoms with van der Waals surface area (Å²) in [6.07, 6.45) is 3.93. The lowest BCUT2D eigenvalue weighted by molar-refractivity contribution is -0.119. The van der Waals surface area contributed by atoms with Gasteiger partial charge in [0.2, 0.25) is 5.91 Å². The Bertz CT molecular complexity index is 671. The Kier molecular flexibility index (Phi) is 5.75. The molecule has 1 fully saturated rings. The van der Waals surface area contributed by atoms with Crippen molar-refractivity contribution in [3.05, 3.63) is 34.9 Å². The summed E-state index contributed by atoms with van der Waals surface area (Å²) in [5.41, 5.74) is 0.946. The van der Waals surface area contributed by atoms with Crippen molar-refractivity contribution in [2.75, 3.05) is 18.9 Å². The van der Waals surface area contributed by atoms with E-state index >= 15 is 0 Å². The predicted octanol–water partition coefficient (Wildman–Crippen LogP) is 3.49. The zero-order valence-corrected chi connectivity index (χ0v) is 14.9. The highest BCUT2D eigenvalue weighted by molar-refractivity contribution is 9.10. The average molecular weight is 397 g/mol. The van der Waals surface area contributed by atoms with E-state index in [0.29, 0.717) is 17.5 Å². The van der Waals surface area contributed by atoms with Crippen molar-refractivity contribution in [2.45, 2.75) is 24.2 Å². The highest BCUT2D eigenvalue weighted by Gasteiger charge is 2.16. The Morgan fingerprint density at radius 3 is 3.17 bits per heavy atom. The van der Waals surface area contributed by atoms with Gasteiger partial charge in [-0.25, -0.2) is 4.98 Å². The molecular weight excluding hydrogens is 380 g/mol. The molecule has 1 amide bonds. The first-order valence-electron chi connectivity index (χ1n) is 7.43. The monoisotopic (exact) mass is 396 g/mol. The van der Waals surface area contributed by atoms with Crippen LogP contribution in [0.15, 0.2) is 44.6 Å². The number of benzene rings is 1. The lowest BCUT2D eigenvalue weighted by Gasteiger charge is -2.09. The molecule has 2 aromatic rings. The molecule has 1 atom stereocenters. The average Bonchev–Trinajstić information content (AvgIpc) is 3.22. The first-order chi connectivity index (χ1) is 11.2. The molecule has 0 spiro atoms. The lowest BCUT2D eigenvalue weighted by Crippen LogP contribution is -2.32. The van der Waals surface area contributed by atoms with Gasteiger partial charge in [0.15, 0.2) is 5.76 Å². The quantitative estimate of drug-likeness (QED) is 0.756. The normalized spacial score (nSPS) is 17.3. The third-order valence-corrected chi connectivity index (χ3v) is 4.81. The molecular formula is C16H17BrN2O3S. The summed E-state index contributed by atoms with van der Waals surface area (Å²) in [7, 11) is 0. The number of nitrogens with zero attached hydrogens (tertiary/aromatic N) is 1. The number of aromatic nitrogens is 1. The van der Waals surface area contributed by atoms with Crippen LogP contribution in [0.1, 0.15) is 12.8 Å². The summed E-state index contributed by atoms with van der Waals surface area (Å²) in [5.74, 6) is 0.937. The molecule has 1 aliphatic heterocycles. The van der Waals surface area contributed by atoms with E-state index < -0.39 is 0 Å². The van der Waals surface area contributed by atoms with E-state index in [0.717, 1.165) is 29.5 Å². The Hall–Kier alpha value is -1.31. The number of carbonyl (C=O) groups excluding carboxylic acids is 1. The lowest BCUT2D eigenvalue weighted by atomic mass is 10.2. The van der Waals surface area contributed by atoms with Gasteiger partial charge in [0, 0.05) is 23.2 Å². The molecule has 3 rings (SSSR count). The topological polar surface area (TPSA) is 64.4 Å². The molecule has 1 aromatic heterocycles. The molecule has 23 heavy (non-hydrogen) atoms. The molecule has 0 saturated carbocycles.